The molecule has 0 amide bonds. The zero-order chi connectivity index (χ0) is 15.4. The van der Waals surface area contributed by atoms with Gasteiger partial charge < -0.3 is 14.5 Å². The highest BCUT2D eigenvalue weighted by Crippen LogP contribution is 2.31. The number of hydrogen-bond acceptors (Lipinski definition) is 4. The summed E-state index contributed by atoms with van der Waals surface area (Å²) in [5.74, 6) is 0.153. The average molecular weight is 300 g/mol. The molecule has 0 spiro atoms. The number of nitrogens with zero attached hydrogens (tertiary/aromatic N) is 2. The monoisotopic (exact) mass is 300 g/mol. The molecule has 4 heteroatoms. The largest absolute Gasteiger partial charge is 0.388 e. The van der Waals surface area contributed by atoms with Crippen LogP contribution in [0.3, 0.4) is 0 Å². The molecule has 0 radical (unpaired) electrons. The van der Waals surface area contributed by atoms with Gasteiger partial charge in [0.05, 0.1) is 6.10 Å². The lowest BCUT2D eigenvalue weighted by molar-refractivity contribution is 0.0819. The molecule has 1 aromatic heterocycles. The smallest absolute Gasteiger partial charge is 0.130 e. The molecule has 4 nitrogen and oxygen atoms in total. The molecular weight excluding hydrogens is 276 g/mol. The molecule has 1 aliphatic rings. The van der Waals surface area contributed by atoms with Crippen LogP contribution in [0.2, 0.25) is 0 Å². The third-order valence-corrected chi connectivity index (χ3v) is 4.50. The van der Waals surface area contributed by atoms with E-state index < -0.39 is 6.10 Å². The molecule has 2 aromatic rings. The fourth-order valence-corrected chi connectivity index (χ4v) is 3.23. The highest BCUT2D eigenvalue weighted by molar-refractivity contribution is 5.62. The normalized spacial score (nSPS) is 19.0. The van der Waals surface area contributed by atoms with Crippen molar-refractivity contribution in [2.45, 2.75) is 32.3 Å². The Kier molecular flexibility index (Phi) is 4.90. The summed E-state index contributed by atoms with van der Waals surface area (Å²) in [4.78, 5) is 2.45. The summed E-state index contributed by atoms with van der Waals surface area (Å²) in [7, 11) is 0. The molecule has 2 unspecified atom stereocenters. The fraction of sp³-hybridized carbons (Fsp3) is 0.500. The van der Waals surface area contributed by atoms with Crippen molar-refractivity contribution in [2.24, 2.45) is 5.92 Å². The van der Waals surface area contributed by atoms with Gasteiger partial charge >= 0.3 is 0 Å². The molecule has 2 atom stereocenters. The third-order valence-electron chi connectivity index (χ3n) is 4.50. The van der Waals surface area contributed by atoms with Crippen molar-refractivity contribution < 1.29 is 9.63 Å². The Hall–Kier alpha value is -1.65. The molecule has 1 N–H and O–H groups in total. The Bertz CT molecular complexity index is 576. The zero-order valence-corrected chi connectivity index (χ0v) is 13.1. The van der Waals surface area contributed by atoms with Gasteiger partial charge in [0.25, 0.3) is 0 Å². The first kappa shape index (κ1) is 15.3. The summed E-state index contributed by atoms with van der Waals surface area (Å²) >= 11 is 0. The van der Waals surface area contributed by atoms with Crippen LogP contribution in [-0.2, 0) is 0 Å². The number of hydrogen-bond donors (Lipinski definition) is 1. The van der Waals surface area contributed by atoms with Gasteiger partial charge in [0, 0.05) is 17.7 Å². The summed E-state index contributed by atoms with van der Waals surface area (Å²) in [6.45, 7) is 5.31. The Labute approximate surface area is 131 Å². The molecule has 22 heavy (non-hydrogen) atoms. The number of likely N-dealkylation sites (tertiary alicyclic amines) is 1. The van der Waals surface area contributed by atoms with E-state index in [1.54, 1.807) is 6.26 Å². The maximum atomic E-state index is 10.7. The van der Waals surface area contributed by atoms with Gasteiger partial charge in [0.15, 0.2) is 0 Å². The lowest BCUT2D eigenvalue weighted by Crippen LogP contribution is -2.35. The lowest BCUT2D eigenvalue weighted by atomic mass is 9.94. The third kappa shape index (κ3) is 3.39. The quantitative estimate of drug-likeness (QED) is 0.918. The highest BCUT2D eigenvalue weighted by Gasteiger charge is 2.25. The molecule has 1 aliphatic heterocycles. The van der Waals surface area contributed by atoms with Crippen LogP contribution in [0.4, 0.5) is 0 Å². The van der Waals surface area contributed by atoms with Gasteiger partial charge in [0.1, 0.15) is 12.0 Å². The minimum Gasteiger partial charge on any atom is -0.388 e. The molecule has 0 bridgehead atoms. The number of aliphatic hydroxyl groups is 1. The molecule has 2 heterocycles. The van der Waals surface area contributed by atoms with Crippen molar-refractivity contribution in [3.63, 3.8) is 0 Å². The molecule has 1 fully saturated rings. The van der Waals surface area contributed by atoms with E-state index in [0.29, 0.717) is 0 Å². The van der Waals surface area contributed by atoms with E-state index in [1.165, 1.54) is 19.3 Å². The van der Waals surface area contributed by atoms with E-state index >= 15 is 0 Å². The van der Waals surface area contributed by atoms with E-state index in [9.17, 15) is 5.11 Å². The summed E-state index contributed by atoms with van der Waals surface area (Å²) in [6.07, 6.45) is 4.90. The van der Waals surface area contributed by atoms with Crippen LogP contribution in [0.5, 0.6) is 0 Å². The van der Waals surface area contributed by atoms with E-state index in [1.807, 2.05) is 30.3 Å². The Morgan fingerprint density at radius 3 is 2.64 bits per heavy atom. The van der Waals surface area contributed by atoms with E-state index in [-0.39, 0.29) is 5.92 Å². The summed E-state index contributed by atoms with van der Waals surface area (Å²) in [6, 6.07) is 9.89. The summed E-state index contributed by atoms with van der Waals surface area (Å²) in [5.41, 5.74) is 2.52. The van der Waals surface area contributed by atoms with Crippen LogP contribution >= 0.6 is 0 Å². The topological polar surface area (TPSA) is 49.5 Å². The van der Waals surface area contributed by atoms with Crippen molar-refractivity contribution in [3.8, 4) is 11.3 Å². The Morgan fingerprint density at radius 2 is 1.91 bits per heavy atom. The molecule has 0 saturated carbocycles. The highest BCUT2D eigenvalue weighted by atomic mass is 16.5. The van der Waals surface area contributed by atoms with Crippen molar-refractivity contribution in [2.75, 3.05) is 19.6 Å². The minimum absolute atomic E-state index is 0.153. The molecule has 0 aliphatic carbocycles. The van der Waals surface area contributed by atoms with Crippen molar-refractivity contribution in [1.82, 2.24) is 10.1 Å². The maximum absolute atomic E-state index is 10.7. The zero-order valence-electron chi connectivity index (χ0n) is 13.1. The van der Waals surface area contributed by atoms with E-state index in [4.69, 9.17) is 4.52 Å². The van der Waals surface area contributed by atoms with Crippen LogP contribution < -0.4 is 0 Å². The van der Waals surface area contributed by atoms with Crippen LogP contribution in [0, 0.1) is 5.92 Å². The van der Waals surface area contributed by atoms with Crippen LogP contribution in [-0.4, -0.2) is 34.8 Å². The van der Waals surface area contributed by atoms with Gasteiger partial charge in [-0.05, 0) is 31.8 Å². The van der Waals surface area contributed by atoms with Gasteiger partial charge in [-0.25, -0.2) is 0 Å². The number of aliphatic hydroxyl groups excluding tert-OH is 1. The fourth-order valence-electron chi connectivity index (χ4n) is 3.23. The molecular formula is C18H24N2O2. The number of benzene rings is 1. The average Bonchev–Trinajstić information content (AvgIpc) is 3.05. The van der Waals surface area contributed by atoms with Crippen LogP contribution in [0.1, 0.15) is 37.9 Å². The lowest BCUT2D eigenvalue weighted by Gasteiger charge is -2.30. The second-order valence-corrected chi connectivity index (χ2v) is 6.27. The number of aromatic nitrogens is 1. The maximum Gasteiger partial charge on any atom is 0.130 e. The number of rotatable bonds is 5. The standard InChI is InChI=1S/C18H24N2O2/c1-14(12-20-10-6-3-7-11-20)18(21)16-13-22-19-17(16)15-8-4-2-5-9-15/h2,4-5,8-9,13-14,18,21H,3,6-7,10-12H2,1H3. The first-order valence-corrected chi connectivity index (χ1v) is 8.16. The Balaban J connectivity index is 1.72. The van der Waals surface area contributed by atoms with Crippen molar-refractivity contribution in [1.29, 1.82) is 0 Å². The van der Waals surface area contributed by atoms with Gasteiger partial charge in [-0.3, -0.25) is 0 Å². The molecule has 3 rings (SSSR count). The first-order valence-electron chi connectivity index (χ1n) is 8.16. The van der Waals surface area contributed by atoms with Gasteiger partial charge in [-0.2, -0.15) is 0 Å². The van der Waals surface area contributed by atoms with Gasteiger partial charge in [-0.1, -0.05) is 48.8 Å². The van der Waals surface area contributed by atoms with Crippen LogP contribution in [0.15, 0.2) is 41.1 Å². The van der Waals surface area contributed by atoms with Crippen molar-refractivity contribution in [3.05, 3.63) is 42.2 Å². The second kappa shape index (κ2) is 7.07. The summed E-state index contributed by atoms with van der Waals surface area (Å²) in [5, 5.41) is 14.8. The number of piperidine rings is 1. The summed E-state index contributed by atoms with van der Waals surface area (Å²) < 4.78 is 5.14. The minimum atomic E-state index is -0.552. The van der Waals surface area contributed by atoms with Gasteiger partial charge in [0.2, 0.25) is 0 Å². The van der Waals surface area contributed by atoms with E-state index in [2.05, 4.69) is 17.0 Å². The molecule has 118 valence electrons. The van der Waals surface area contributed by atoms with Gasteiger partial charge in [-0.15, -0.1) is 0 Å². The molecule has 1 aromatic carbocycles. The second-order valence-electron chi connectivity index (χ2n) is 6.27. The predicted molar refractivity (Wildman–Crippen MR) is 86.4 cm³/mol. The Morgan fingerprint density at radius 1 is 1.18 bits per heavy atom. The van der Waals surface area contributed by atoms with E-state index in [0.717, 1.165) is 36.5 Å². The van der Waals surface area contributed by atoms with Crippen LogP contribution in [0.25, 0.3) is 11.3 Å². The van der Waals surface area contributed by atoms with Crippen molar-refractivity contribution >= 4 is 0 Å². The molecule has 1 saturated heterocycles. The first-order chi connectivity index (χ1) is 10.8. The SMILES string of the molecule is CC(CN1CCCCC1)C(O)c1conc1-c1ccccc1. The predicted octanol–water partition coefficient (Wildman–Crippen LogP) is 3.50.